The van der Waals surface area contributed by atoms with E-state index < -0.39 is 17.6 Å². The van der Waals surface area contributed by atoms with Crippen LogP contribution in [0.4, 0.5) is 18.9 Å². The van der Waals surface area contributed by atoms with Crippen LogP contribution in [0.2, 0.25) is 0 Å². The normalized spacial score (nSPS) is 12.3. The molecule has 112 valence electrons. The average Bonchev–Trinajstić information content (AvgIpc) is 2.26. The Balaban J connectivity index is 2.63. The molecule has 0 saturated heterocycles. The first kappa shape index (κ1) is 16.5. The zero-order chi connectivity index (χ0) is 15.4. The molecular formula is C14H19F3N2O. The fourth-order valence-electron chi connectivity index (χ4n) is 1.60. The van der Waals surface area contributed by atoms with Gasteiger partial charge in [0.1, 0.15) is 0 Å². The minimum Gasteiger partial charge on any atom is -0.325 e. The standard InChI is InChI=1S/C14H19F3N2O/c1-13(2,3)18-9-8-12(20)19-11-7-5-4-6-10(11)14(15,16)17/h4-7,18H,8-9H2,1-3H3,(H,19,20). The molecule has 1 aromatic rings. The van der Waals surface area contributed by atoms with Crippen molar-refractivity contribution in [1.29, 1.82) is 0 Å². The summed E-state index contributed by atoms with van der Waals surface area (Å²) >= 11 is 0. The lowest BCUT2D eigenvalue weighted by Gasteiger charge is -2.20. The highest BCUT2D eigenvalue weighted by atomic mass is 19.4. The van der Waals surface area contributed by atoms with Crippen LogP contribution in [-0.2, 0) is 11.0 Å². The van der Waals surface area contributed by atoms with E-state index in [-0.39, 0.29) is 17.6 Å². The number of hydrogen-bond acceptors (Lipinski definition) is 2. The predicted molar refractivity (Wildman–Crippen MR) is 72.4 cm³/mol. The number of nitrogens with one attached hydrogen (secondary N) is 2. The number of amides is 1. The van der Waals surface area contributed by atoms with Gasteiger partial charge in [-0.3, -0.25) is 4.79 Å². The van der Waals surface area contributed by atoms with Gasteiger partial charge in [0.05, 0.1) is 11.3 Å². The summed E-state index contributed by atoms with van der Waals surface area (Å²) in [5.41, 5.74) is -1.18. The van der Waals surface area contributed by atoms with Crippen LogP contribution < -0.4 is 10.6 Å². The lowest BCUT2D eigenvalue weighted by atomic mass is 10.1. The fraction of sp³-hybridized carbons (Fsp3) is 0.500. The lowest BCUT2D eigenvalue weighted by Crippen LogP contribution is -2.37. The second-order valence-corrected chi connectivity index (χ2v) is 5.52. The molecule has 0 aliphatic heterocycles. The van der Waals surface area contributed by atoms with Crippen molar-refractivity contribution in [1.82, 2.24) is 5.32 Å². The summed E-state index contributed by atoms with van der Waals surface area (Å²) in [6, 6.07) is 4.94. The molecular weight excluding hydrogens is 269 g/mol. The largest absolute Gasteiger partial charge is 0.418 e. The summed E-state index contributed by atoms with van der Waals surface area (Å²) < 4.78 is 38.2. The van der Waals surface area contributed by atoms with Crippen molar-refractivity contribution in [2.24, 2.45) is 0 Å². The van der Waals surface area contributed by atoms with E-state index in [1.807, 2.05) is 20.8 Å². The maximum atomic E-state index is 12.7. The minimum absolute atomic E-state index is 0.115. The molecule has 2 N–H and O–H groups in total. The third kappa shape index (κ3) is 5.61. The minimum atomic E-state index is -4.48. The number of alkyl halides is 3. The van der Waals surface area contributed by atoms with Crippen LogP contribution >= 0.6 is 0 Å². The van der Waals surface area contributed by atoms with Gasteiger partial charge >= 0.3 is 6.18 Å². The van der Waals surface area contributed by atoms with Gasteiger partial charge < -0.3 is 10.6 Å². The second-order valence-electron chi connectivity index (χ2n) is 5.52. The Bertz CT molecular complexity index is 464. The van der Waals surface area contributed by atoms with Gasteiger partial charge in [0, 0.05) is 18.5 Å². The Morgan fingerprint density at radius 3 is 2.30 bits per heavy atom. The Labute approximate surface area is 116 Å². The smallest absolute Gasteiger partial charge is 0.325 e. The maximum Gasteiger partial charge on any atom is 0.418 e. The van der Waals surface area contributed by atoms with Gasteiger partial charge in [-0.1, -0.05) is 12.1 Å². The summed E-state index contributed by atoms with van der Waals surface area (Å²) in [5, 5.41) is 5.40. The molecule has 1 aromatic carbocycles. The van der Waals surface area contributed by atoms with Gasteiger partial charge in [-0.2, -0.15) is 13.2 Å². The average molecular weight is 288 g/mol. The van der Waals surface area contributed by atoms with E-state index in [9.17, 15) is 18.0 Å². The Morgan fingerprint density at radius 1 is 1.15 bits per heavy atom. The lowest BCUT2D eigenvalue weighted by molar-refractivity contribution is -0.137. The number of rotatable bonds is 4. The Kier molecular flexibility index (Phi) is 5.16. The van der Waals surface area contributed by atoms with Crippen molar-refractivity contribution in [2.45, 2.75) is 38.9 Å². The first-order valence-electron chi connectivity index (χ1n) is 6.31. The van der Waals surface area contributed by atoms with Crippen molar-refractivity contribution in [3.63, 3.8) is 0 Å². The van der Waals surface area contributed by atoms with Crippen molar-refractivity contribution in [2.75, 3.05) is 11.9 Å². The number of carbonyl (C=O) groups is 1. The molecule has 0 aliphatic rings. The molecule has 0 atom stereocenters. The van der Waals surface area contributed by atoms with Crippen LogP contribution in [0.3, 0.4) is 0 Å². The third-order valence-corrected chi connectivity index (χ3v) is 2.51. The summed E-state index contributed by atoms with van der Waals surface area (Å²) in [7, 11) is 0. The van der Waals surface area contributed by atoms with Crippen molar-refractivity contribution < 1.29 is 18.0 Å². The van der Waals surface area contributed by atoms with Gasteiger partial charge in [-0.15, -0.1) is 0 Å². The summed E-state index contributed by atoms with van der Waals surface area (Å²) in [6.07, 6.45) is -4.36. The maximum absolute atomic E-state index is 12.7. The molecule has 20 heavy (non-hydrogen) atoms. The molecule has 0 fully saturated rings. The molecule has 0 unspecified atom stereocenters. The predicted octanol–water partition coefficient (Wildman–Crippen LogP) is 3.42. The monoisotopic (exact) mass is 288 g/mol. The van der Waals surface area contributed by atoms with E-state index in [0.29, 0.717) is 6.54 Å². The van der Waals surface area contributed by atoms with Crippen molar-refractivity contribution in [3.05, 3.63) is 29.8 Å². The van der Waals surface area contributed by atoms with Crippen LogP contribution in [0.5, 0.6) is 0 Å². The molecule has 0 bridgehead atoms. The molecule has 1 amide bonds. The molecule has 0 saturated carbocycles. The quantitative estimate of drug-likeness (QED) is 0.891. The molecule has 0 aliphatic carbocycles. The number of carbonyl (C=O) groups excluding carboxylic acids is 1. The van der Waals surface area contributed by atoms with E-state index in [2.05, 4.69) is 10.6 Å². The van der Waals surface area contributed by atoms with E-state index in [4.69, 9.17) is 0 Å². The highest BCUT2D eigenvalue weighted by Gasteiger charge is 2.33. The highest BCUT2D eigenvalue weighted by molar-refractivity contribution is 5.91. The third-order valence-electron chi connectivity index (χ3n) is 2.51. The number of benzene rings is 1. The fourth-order valence-corrected chi connectivity index (χ4v) is 1.60. The molecule has 0 spiro atoms. The number of para-hydroxylation sites is 1. The first-order chi connectivity index (χ1) is 9.09. The van der Waals surface area contributed by atoms with E-state index in [0.717, 1.165) is 6.07 Å². The van der Waals surface area contributed by atoms with Crippen LogP contribution in [0.1, 0.15) is 32.8 Å². The van der Waals surface area contributed by atoms with Crippen molar-refractivity contribution >= 4 is 11.6 Å². The van der Waals surface area contributed by atoms with E-state index in [1.54, 1.807) is 0 Å². The molecule has 0 aromatic heterocycles. The summed E-state index contributed by atoms with van der Waals surface area (Å²) in [4.78, 5) is 11.7. The second kappa shape index (κ2) is 6.26. The molecule has 6 heteroatoms. The van der Waals surface area contributed by atoms with Crippen LogP contribution in [-0.4, -0.2) is 18.0 Å². The van der Waals surface area contributed by atoms with Gasteiger partial charge in [-0.25, -0.2) is 0 Å². The van der Waals surface area contributed by atoms with Crippen LogP contribution in [0.25, 0.3) is 0 Å². The van der Waals surface area contributed by atoms with Crippen LogP contribution in [0, 0.1) is 0 Å². The molecule has 1 rings (SSSR count). The molecule has 3 nitrogen and oxygen atoms in total. The van der Waals surface area contributed by atoms with Gasteiger partial charge in [-0.05, 0) is 32.9 Å². The molecule has 0 heterocycles. The first-order valence-corrected chi connectivity index (χ1v) is 6.31. The zero-order valence-electron chi connectivity index (χ0n) is 11.8. The number of halogens is 3. The SMILES string of the molecule is CC(C)(C)NCCC(=O)Nc1ccccc1C(F)(F)F. The van der Waals surface area contributed by atoms with Crippen molar-refractivity contribution in [3.8, 4) is 0 Å². The van der Waals surface area contributed by atoms with E-state index >= 15 is 0 Å². The highest BCUT2D eigenvalue weighted by Crippen LogP contribution is 2.34. The Hall–Kier alpha value is -1.56. The van der Waals surface area contributed by atoms with Gasteiger partial charge in [0.25, 0.3) is 0 Å². The number of anilines is 1. The van der Waals surface area contributed by atoms with E-state index in [1.165, 1.54) is 18.2 Å². The topological polar surface area (TPSA) is 41.1 Å². The zero-order valence-corrected chi connectivity index (χ0v) is 11.8. The summed E-state index contributed by atoms with van der Waals surface area (Å²) in [5.74, 6) is -0.446. The number of hydrogen-bond donors (Lipinski definition) is 2. The Morgan fingerprint density at radius 2 is 1.75 bits per heavy atom. The van der Waals surface area contributed by atoms with Crippen LogP contribution in [0.15, 0.2) is 24.3 Å². The summed E-state index contributed by atoms with van der Waals surface area (Å²) in [6.45, 7) is 6.25. The molecule has 0 radical (unpaired) electrons. The van der Waals surface area contributed by atoms with Gasteiger partial charge in [0.15, 0.2) is 0 Å². The van der Waals surface area contributed by atoms with Gasteiger partial charge in [0.2, 0.25) is 5.91 Å².